The molecule has 1 unspecified atom stereocenters. The smallest absolute Gasteiger partial charge is 0.344 e. The third kappa shape index (κ3) is 4.10. The minimum Gasteiger partial charge on any atom is -0.479 e. The van der Waals surface area contributed by atoms with Crippen LogP contribution in [0.1, 0.15) is 71.8 Å². The van der Waals surface area contributed by atoms with Crippen LogP contribution in [0, 0.1) is 10.8 Å². The maximum atomic E-state index is 13.3. The number of hydrogen-bond donors (Lipinski definition) is 1. The van der Waals surface area contributed by atoms with Crippen molar-refractivity contribution in [3.8, 4) is 5.75 Å². The van der Waals surface area contributed by atoms with Crippen LogP contribution in [0.3, 0.4) is 0 Å². The number of carboxylic acids is 1. The third-order valence-corrected chi connectivity index (χ3v) is 6.46. The number of carbonyl (C=O) groups is 3. The minimum atomic E-state index is -1.05. The molecule has 0 fully saturated rings. The Kier molecular flexibility index (Phi) is 5.30. The van der Waals surface area contributed by atoms with Gasteiger partial charge in [-0.25, -0.2) is 4.79 Å². The maximum Gasteiger partial charge on any atom is 0.344 e. The summed E-state index contributed by atoms with van der Waals surface area (Å²) >= 11 is 0. The highest BCUT2D eigenvalue weighted by atomic mass is 16.5. The topological polar surface area (TPSA) is 89.9 Å². The van der Waals surface area contributed by atoms with Gasteiger partial charge in [-0.15, -0.1) is 0 Å². The summed E-state index contributed by atoms with van der Waals surface area (Å²) in [5.41, 5.74) is 1.59. The normalized spacial score (nSPS) is 23.3. The molecule has 0 bridgehead atoms. The van der Waals surface area contributed by atoms with Crippen molar-refractivity contribution >= 4 is 17.5 Å². The van der Waals surface area contributed by atoms with E-state index >= 15 is 0 Å². The van der Waals surface area contributed by atoms with Gasteiger partial charge < -0.3 is 14.6 Å². The van der Waals surface area contributed by atoms with E-state index in [0.29, 0.717) is 54.1 Å². The van der Waals surface area contributed by atoms with Crippen molar-refractivity contribution in [2.75, 3.05) is 0 Å². The van der Waals surface area contributed by atoms with Gasteiger partial charge in [-0.05, 0) is 35.4 Å². The molecule has 0 radical (unpaired) electrons. The van der Waals surface area contributed by atoms with Crippen LogP contribution in [-0.4, -0.2) is 28.7 Å². The van der Waals surface area contributed by atoms with Crippen molar-refractivity contribution in [3.05, 3.63) is 52.5 Å². The highest BCUT2D eigenvalue weighted by molar-refractivity contribution is 6.06. The van der Waals surface area contributed by atoms with E-state index in [1.165, 1.54) is 6.92 Å². The maximum absolute atomic E-state index is 13.3. The van der Waals surface area contributed by atoms with Gasteiger partial charge in [0.2, 0.25) is 0 Å². The number of carboxylic acid groups (broad SMARTS) is 1. The van der Waals surface area contributed by atoms with Gasteiger partial charge in [0.15, 0.2) is 17.7 Å². The van der Waals surface area contributed by atoms with E-state index < -0.39 is 18.0 Å². The van der Waals surface area contributed by atoms with Crippen molar-refractivity contribution < 1.29 is 29.0 Å². The molecule has 1 aliphatic heterocycles. The highest BCUT2D eigenvalue weighted by Crippen LogP contribution is 2.53. The quantitative estimate of drug-likeness (QED) is 0.716. The summed E-state index contributed by atoms with van der Waals surface area (Å²) < 4.78 is 11.7. The second kappa shape index (κ2) is 7.61. The Hall–Kier alpha value is -2.89. The lowest BCUT2D eigenvalue weighted by Gasteiger charge is -2.42. The van der Waals surface area contributed by atoms with Crippen LogP contribution in [0.4, 0.5) is 0 Å². The van der Waals surface area contributed by atoms with Gasteiger partial charge in [0.25, 0.3) is 0 Å². The SMILES string of the molecule is CC(Oc1ccc(C2C3=C(CC(C)(C)CC3=O)OC3=C2C(=O)CC(C)(C)C3)cc1)C(=O)O. The second-order valence-electron chi connectivity index (χ2n) is 10.8. The molecule has 6 nitrogen and oxygen atoms in total. The van der Waals surface area contributed by atoms with Crippen molar-refractivity contribution in [2.45, 2.75) is 72.3 Å². The lowest BCUT2D eigenvalue weighted by Crippen LogP contribution is -2.37. The molecular weight excluding hydrogens is 408 g/mol. The van der Waals surface area contributed by atoms with E-state index in [1.54, 1.807) is 12.1 Å². The molecule has 32 heavy (non-hydrogen) atoms. The Morgan fingerprint density at radius 1 is 0.938 bits per heavy atom. The third-order valence-electron chi connectivity index (χ3n) is 6.46. The number of benzene rings is 1. The fourth-order valence-corrected chi connectivity index (χ4v) is 5.00. The van der Waals surface area contributed by atoms with E-state index in [0.717, 1.165) is 5.56 Å². The van der Waals surface area contributed by atoms with Crippen molar-refractivity contribution in [1.29, 1.82) is 0 Å². The number of ether oxygens (including phenoxy) is 2. The zero-order chi connectivity index (χ0) is 23.4. The second-order valence-corrected chi connectivity index (χ2v) is 10.8. The molecule has 3 aliphatic rings. The van der Waals surface area contributed by atoms with Crippen LogP contribution in [0.5, 0.6) is 5.75 Å². The van der Waals surface area contributed by atoms with Gasteiger partial charge in [-0.1, -0.05) is 39.8 Å². The zero-order valence-electron chi connectivity index (χ0n) is 19.3. The van der Waals surface area contributed by atoms with Gasteiger partial charge in [0.05, 0.1) is 0 Å². The van der Waals surface area contributed by atoms with E-state index in [4.69, 9.17) is 14.6 Å². The Morgan fingerprint density at radius 3 is 1.84 bits per heavy atom. The average molecular weight is 439 g/mol. The Bertz CT molecular complexity index is 1000. The lowest BCUT2D eigenvalue weighted by molar-refractivity contribution is -0.144. The van der Waals surface area contributed by atoms with Crippen LogP contribution < -0.4 is 4.74 Å². The molecule has 1 aromatic rings. The van der Waals surface area contributed by atoms with Gasteiger partial charge >= 0.3 is 5.97 Å². The molecule has 0 aromatic heterocycles. The lowest BCUT2D eigenvalue weighted by atomic mass is 9.65. The van der Waals surface area contributed by atoms with E-state index in [1.807, 2.05) is 12.1 Å². The fourth-order valence-electron chi connectivity index (χ4n) is 5.00. The summed E-state index contributed by atoms with van der Waals surface area (Å²) in [4.78, 5) is 37.6. The summed E-state index contributed by atoms with van der Waals surface area (Å²) in [6, 6.07) is 7.02. The van der Waals surface area contributed by atoms with Gasteiger partial charge in [-0.3, -0.25) is 9.59 Å². The van der Waals surface area contributed by atoms with E-state index in [-0.39, 0.29) is 22.4 Å². The largest absolute Gasteiger partial charge is 0.479 e. The Balaban J connectivity index is 1.79. The molecule has 0 saturated heterocycles. The van der Waals surface area contributed by atoms with Crippen LogP contribution in [0.2, 0.25) is 0 Å². The Morgan fingerprint density at radius 2 is 1.41 bits per heavy atom. The number of carbonyl (C=O) groups excluding carboxylic acids is 2. The number of allylic oxidation sites excluding steroid dienone is 4. The molecule has 1 atom stereocenters. The molecule has 1 heterocycles. The monoisotopic (exact) mass is 438 g/mol. The summed E-state index contributed by atoms with van der Waals surface area (Å²) in [5, 5.41) is 9.08. The van der Waals surface area contributed by atoms with Crippen LogP contribution in [0.25, 0.3) is 0 Å². The van der Waals surface area contributed by atoms with Crippen LogP contribution >= 0.6 is 0 Å². The average Bonchev–Trinajstić information content (AvgIpc) is 2.64. The molecular formula is C26H30O6. The number of hydrogen-bond acceptors (Lipinski definition) is 5. The van der Waals surface area contributed by atoms with E-state index in [2.05, 4.69) is 27.7 Å². The van der Waals surface area contributed by atoms with Crippen molar-refractivity contribution in [3.63, 3.8) is 0 Å². The summed E-state index contributed by atoms with van der Waals surface area (Å²) in [6.07, 6.45) is 1.13. The first-order valence-electron chi connectivity index (χ1n) is 11.1. The summed E-state index contributed by atoms with van der Waals surface area (Å²) in [5.74, 6) is 0.309. The predicted molar refractivity (Wildman–Crippen MR) is 118 cm³/mol. The Labute approximate surface area is 188 Å². The van der Waals surface area contributed by atoms with Gasteiger partial charge in [-0.2, -0.15) is 0 Å². The van der Waals surface area contributed by atoms with E-state index in [9.17, 15) is 14.4 Å². The van der Waals surface area contributed by atoms with Crippen LogP contribution in [-0.2, 0) is 19.1 Å². The molecule has 1 N–H and O–H groups in total. The molecule has 0 spiro atoms. The van der Waals surface area contributed by atoms with Gasteiger partial charge in [0, 0.05) is 42.7 Å². The summed E-state index contributed by atoms with van der Waals surface area (Å²) in [6.45, 7) is 9.70. The minimum absolute atomic E-state index is 0.0188. The van der Waals surface area contributed by atoms with Crippen molar-refractivity contribution in [2.24, 2.45) is 10.8 Å². The first-order valence-corrected chi connectivity index (χ1v) is 11.1. The predicted octanol–water partition coefficient (Wildman–Crippen LogP) is 4.94. The van der Waals surface area contributed by atoms with Crippen LogP contribution in [0.15, 0.2) is 46.9 Å². The standard InChI is InChI=1S/C26H30O6/c1-14(24(29)30)31-16-8-6-15(7-9-16)21-22-17(27)10-25(2,3)12-19(22)32-20-13-26(4,5)11-18(28)23(20)21/h6-9,14,21H,10-13H2,1-5H3,(H,29,30). The van der Waals surface area contributed by atoms with Gasteiger partial charge in [0.1, 0.15) is 17.3 Å². The molecule has 6 heteroatoms. The first-order chi connectivity index (χ1) is 14.9. The molecule has 2 aliphatic carbocycles. The molecule has 1 aromatic carbocycles. The number of ketones is 2. The molecule has 4 rings (SSSR count). The molecule has 0 amide bonds. The number of rotatable bonds is 4. The highest BCUT2D eigenvalue weighted by Gasteiger charge is 2.47. The fraction of sp³-hybridized carbons (Fsp3) is 0.500. The zero-order valence-corrected chi connectivity index (χ0v) is 19.3. The molecule has 0 saturated carbocycles. The molecule has 170 valence electrons. The van der Waals surface area contributed by atoms with Crippen molar-refractivity contribution in [1.82, 2.24) is 0 Å². The number of aliphatic carboxylic acids is 1. The first kappa shape index (κ1) is 22.3. The summed E-state index contributed by atoms with van der Waals surface area (Å²) in [7, 11) is 0. The number of Topliss-reactive ketones (excluding diaryl/α,β-unsaturated/α-hetero) is 2.